The second kappa shape index (κ2) is 3.25. The second-order valence-electron chi connectivity index (χ2n) is 2.29. The van der Waals surface area contributed by atoms with Crippen molar-refractivity contribution in [2.24, 2.45) is 0 Å². The number of rotatable bonds is 1. The number of hydrogen-bond donors (Lipinski definition) is 0. The molecule has 0 fully saturated rings. The average molecular weight is 195 g/mol. The zero-order valence-corrected chi connectivity index (χ0v) is 7.69. The van der Waals surface area contributed by atoms with Crippen LogP contribution in [-0.2, 0) is 0 Å². The van der Waals surface area contributed by atoms with Crippen LogP contribution in [-0.4, -0.2) is 4.98 Å². The van der Waals surface area contributed by atoms with Crippen LogP contribution in [0.25, 0.3) is 10.4 Å². The molecule has 0 unspecified atom stereocenters. The largest absolute Gasteiger partial charge is 0.252 e. The van der Waals surface area contributed by atoms with Gasteiger partial charge in [0, 0.05) is 16.6 Å². The summed E-state index contributed by atoms with van der Waals surface area (Å²) < 4.78 is 0. The molecule has 0 aromatic carbocycles. The van der Waals surface area contributed by atoms with Crippen LogP contribution in [0.5, 0.6) is 0 Å². The molecule has 0 aliphatic rings. The van der Waals surface area contributed by atoms with E-state index in [1.807, 2.05) is 23.6 Å². The highest BCUT2D eigenvalue weighted by molar-refractivity contribution is 7.13. The Bertz CT molecular complexity index is 370. The highest BCUT2D eigenvalue weighted by Crippen LogP contribution is 2.24. The lowest BCUT2D eigenvalue weighted by atomic mass is 10.2. The first-order chi connectivity index (χ1) is 5.86. The van der Waals surface area contributed by atoms with Crippen LogP contribution in [0.15, 0.2) is 29.8 Å². The standard InChI is InChI=1S/C9H5ClNS/c10-8-4-7(5-11-6-8)9-2-1-3-12-9/h1-4,6H. The molecule has 2 aromatic heterocycles. The Balaban J connectivity index is 2.48. The first kappa shape index (κ1) is 7.77. The first-order valence-corrected chi connectivity index (χ1v) is 4.69. The van der Waals surface area contributed by atoms with E-state index < -0.39 is 0 Å². The van der Waals surface area contributed by atoms with Crippen molar-refractivity contribution in [1.82, 2.24) is 4.98 Å². The molecule has 59 valence electrons. The molecular weight excluding hydrogens is 190 g/mol. The van der Waals surface area contributed by atoms with Crippen LogP contribution >= 0.6 is 22.9 Å². The molecule has 0 atom stereocenters. The third-order valence-electron chi connectivity index (χ3n) is 1.44. The van der Waals surface area contributed by atoms with Gasteiger partial charge in [0.2, 0.25) is 0 Å². The van der Waals surface area contributed by atoms with E-state index in [4.69, 9.17) is 11.6 Å². The number of halogens is 1. The van der Waals surface area contributed by atoms with Gasteiger partial charge in [-0.25, -0.2) is 0 Å². The SMILES string of the molecule is Clc1cn[c]c(-c2cccs2)c1. The normalized spacial score (nSPS) is 10.1. The molecule has 1 radical (unpaired) electrons. The second-order valence-corrected chi connectivity index (χ2v) is 3.67. The zero-order valence-electron chi connectivity index (χ0n) is 6.12. The minimum Gasteiger partial charge on any atom is -0.252 e. The molecule has 0 amide bonds. The van der Waals surface area contributed by atoms with Crippen LogP contribution in [0.1, 0.15) is 0 Å². The Hall–Kier alpha value is -0.860. The lowest BCUT2D eigenvalue weighted by molar-refractivity contribution is 1.32. The van der Waals surface area contributed by atoms with Crippen molar-refractivity contribution in [3.05, 3.63) is 41.0 Å². The van der Waals surface area contributed by atoms with E-state index in [1.54, 1.807) is 17.5 Å². The Labute approximate surface area is 79.7 Å². The van der Waals surface area contributed by atoms with E-state index in [2.05, 4.69) is 11.2 Å². The maximum Gasteiger partial charge on any atom is 0.0980 e. The van der Waals surface area contributed by atoms with Crippen LogP contribution in [0.3, 0.4) is 0 Å². The lowest BCUT2D eigenvalue weighted by Crippen LogP contribution is -1.76. The van der Waals surface area contributed by atoms with Gasteiger partial charge in [-0.1, -0.05) is 17.7 Å². The van der Waals surface area contributed by atoms with Crippen molar-refractivity contribution >= 4 is 22.9 Å². The highest BCUT2D eigenvalue weighted by Gasteiger charge is 1.99. The number of thiophene rings is 1. The first-order valence-electron chi connectivity index (χ1n) is 3.43. The van der Waals surface area contributed by atoms with Crippen LogP contribution in [0.2, 0.25) is 5.02 Å². The van der Waals surface area contributed by atoms with Gasteiger partial charge < -0.3 is 0 Å². The summed E-state index contributed by atoms with van der Waals surface area (Å²) >= 11 is 7.44. The van der Waals surface area contributed by atoms with E-state index >= 15 is 0 Å². The molecule has 1 nitrogen and oxygen atoms in total. The summed E-state index contributed by atoms with van der Waals surface area (Å²) in [4.78, 5) is 5.03. The molecule has 0 aliphatic carbocycles. The van der Waals surface area contributed by atoms with Gasteiger partial charge in [-0.15, -0.1) is 11.3 Å². The molecule has 3 heteroatoms. The number of aromatic nitrogens is 1. The maximum atomic E-state index is 5.78. The molecule has 2 heterocycles. The summed E-state index contributed by atoms with van der Waals surface area (Å²) in [6, 6.07) is 5.88. The Morgan fingerprint density at radius 1 is 1.50 bits per heavy atom. The molecule has 0 spiro atoms. The minimum absolute atomic E-state index is 0.650. The maximum absolute atomic E-state index is 5.78. The van der Waals surface area contributed by atoms with Crippen molar-refractivity contribution in [3.8, 4) is 10.4 Å². The summed E-state index contributed by atoms with van der Waals surface area (Å²) in [6.45, 7) is 0. The van der Waals surface area contributed by atoms with Crippen molar-refractivity contribution in [1.29, 1.82) is 0 Å². The summed E-state index contributed by atoms with van der Waals surface area (Å²) in [5.41, 5.74) is 0.956. The van der Waals surface area contributed by atoms with E-state index in [1.165, 1.54) is 0 Å². The average Bonchev–Trinajstić information content (AvgIpc) is 2.56. The van der Waals surface area contributed by atoms with Gasteiger partial charge >= 0.3 is 0 Å². The van der Waals surface area contributed by atoms with Gasteiger partial charge in [0.15, 0.2) is 0 Å². The van der Waals surface area contributed by atoms with Gasteiger partial charge in [-0.05, 0) is 17.5 Å². The lowest BCUT2D eigenvalue weighted by Gasteiger charge is -1.94. The van der Waals surface area contributed by atoms with E-state index in [0.29, 0.717) is 5.02 Å². The Kier molecular flexibility index (Phi) is 2.11. The summed E-state index contributed by atoms with van der Waals surface area (Å²) in [5, 5.41) is 2.67. The third kappa shape index (κ3) is 1.49. The predicted octanol–water partition coefficient (Wildman–Crippen LogP) is 3.26. The molecule has 0 N–H and O–H groups in total. The van der Waals surface area contributed by atoms with Crippen molar-refractivity contribution in [2.75, 3.05) is 0 Å². The smallest absolute Gasteiger partial charge is 0.0980 e. The van der Waals surface area contributed by atoms with Crippen LogP contribution in [0.4, 0.5) is 0 Å². The predicted molar refractivity (Wildman–Crippen MR) is 51.4 cm³/mol. The van der Waals surface area contributed by atoms with Gasteiger partial charge in [-0.3, -0.25) is 4.98 Å². The van der Waals surface area contributed by atoms with Crippen molar-refractivity contribution in [3.63, 3.8) is 0 Å². The third-order valence-corrected chi connectivity index (χ3v) is 2.55. The van der Waals surface area contributed by atoms with Crippen molar-refractivity contribution < 1.29 is 0 Å². The fourth-order valence-corrected chi connectivity index (χ4v) is 1.78. The molecule has 2 rings (SSSR count). The minimum atomic E-state index is 0.650. The molecule has 0 saturated heterocycles. The molecule has 0 saturated carbocycles. The van der Waals surface area contributed by atoms with Gasteiger partial charge in [0.05, 0.1) is 11.2 Å². The Morgan fingerprint density at radius 3 is 3.08 bits per heavy atom. The monoisotopic (exact) mass is 194 g/mol. The molecule has 12 heavy (non-hydrogen) atoms. The fraction of sp³-hybridized carbons (Fsp3) is 0. The quantitative estimate of drug-likeness (QED) is 0.679. The molecule has 2 aromatic rings. The topological polar surface area (TPSA) is 12.9 Å². The number of pyridine rings is 1. The van der Waals surface area contributed by atoms with Crippen LogP contribution < -0.4 is 0 Å². The molecule has 0 bridgehead atoms. The van der Waals surface area contributed by atoms with E-state index in [-0.39, 0.29) is 0 Å². The molecular formula is C9H5ClNS. The summed E-state index contributed by atoms with van der Waals surface area (Å²) in [6.07, 6.45) is 4.47. The van der Waals surface area contributed by atoms with Crippen LogP contribution in [0, 0.1) is 6.20 Å². The van der Waals surface area contributed by atoms with Crippen molar-refractivity contribution in [2.45, 2.75) is 0 Å². The molecule has 0 aliphatic heterocycles. The highest BCUT2D eigenvalue weighted by atomic mass is 35.5. The zero-order chi connectivity index (χ0) is 8.39. The summed E-state index contributed by atoms with van der Waals surface area (Å²) in [7, 11) is 0. The summed E-state index contributed by atoms with van der Waals surface area (Å²) in [5.74, 6) is 0. The van der Waals surface area contributed by atoms with E-state index in [9.17, 15) is 0 Å². The number of nitrogens with zero attached hydrogens (tertiary/aromatic N) is 1. The van der Waals surface area contributed by atoms with E-state index in [0.717, 1.165) is 10.4 Å². The fourth-order valence-electron chi connectivity index (χ4n) is 0.929. The van der Waals surface area contributed by atoms with Gasteiger partial charge in [0.1, 0.15) is 0 Å². The van der Waals surface area contributed by atoms with Gasteiger partial charge in [0.25, 0.3) is 0 Å². The Morgan fingerprint density at radius 2 is 2.42 bits per heavy atom. The number of hydrogen-bond acceptors (Lipinski definition) is 2. The van der Waals surface area contributed by atoms with Gasteiger partial charge in [-0.2, -0.15) is 0 Å².